The van der Waals surface area contributed by atoms with Gasteiger partial charge in [-0.3, -0.25) is 4.79 Å². The van der Waals surface area contributed by atoms with E-state index in [1.54, 1.807) is 24.0 Å². The van der Waals surface area contributed by atoms with Crippen molar-refractivity contribution in [2.45, 2.75) is 38.1 Å². The van der Waals surface area contributed by atoms with Crippen molar-refractivity contribution >= 4 is 29.0 Å². The van der Waals surface area contributed by atoms with Crippen LogP contribution < -0.4 is 16.0 Å². The lowest BCUT2D eigenvalue weighted by molar-refractivity contribution is 0.0952. The SMILES string of the molecule is C1CCOCC1.CNc1cc(Nc2ccccn2)nc2c(C(=O)NC3CC3)cnn12. The summed E-state index contributed by atoms with van der Waals surface area (Å²) in [5.74, 6) is 1.85. The first-order valence-corrected chi connectivity index (χ1v) is 10.4. The number of anilines is 3. The largest absolute Gasteiger partial charge is 0.381 e. The molecule has 30 heavy (non-hydrogen) atoms. The molecule has 9 nitrogen and oxygen atoms in total. The maximum atomic E-state index is 12.4. The molecule has 1 aliphatic carbocycles. The molecule has 5 rings (SSSR count). The normalized spacial score (nSPS) is 15.8. The van der Waals surface area contributed by atoms with Gasteiger partial charge in [-0.05, 0) is 44.2 Å². The van der Waals surface area contributed by atoms with E-state index < -0.39 is 0 Å². The zero-order valence-electron chi connectivity index (χ0n) is 17.1. The average Bonchev–Trinajstić information content (AvgIpc) is 3.50. The second-order valence-corrected chi connectivity index (χ2v) is 7.33. The highest BCUT2D eigenvalue weighted by molar-refractivity contribution is 6.00. The molecule has 0 unspecified atom stereocenters. The van der Waals surface area contributed by atoms with Gasteiger partial charge in [0.25, 0.3) is 5.91 Å². The Bertz CT molecular complexity index is 970. The summed E-state index contributed by atoms with van der Waals surface area (Å²) in [6.07, 6.45) is 9.25. The fourth-order valence-corrected chi connectivity index (χ4v) is 3.11. The van der Waals surface area contributed by atoms with Crippen LogP contribution in [0.2, 0.25) is 0 Å². The predicted molar refractivity (Wildman–Crippen MR) is 115 cm³/mol. The van der Waals surface area contributed by atoms with Crippen molar-refractivity contribution in [3.63, 3.8) is 0 Å². The number of hydrogen-bond donors (Lipinski definition) is 3. The molecule has 1 saturated carbocycles. The summed E-state index contributed by atoms with van der Waals surface area (Å²) in [5.41, 5.74) is 0.960. The van der Waals surface area contributed by atoms with Crippen LogP contribution in [0.5, 0.6) is 0 Å². The number of nitrogens with zero attached hydrogens (tertiary/aromatic N) is 4. The summed E-state index contributed by atoms with van der Waals surface area (Å²) in [7, 11) is 1.80. The molecule has 3 N–H and O–H groups in total. The van der Waals surface area contributed by atoms with E-state index in [9.17, 15) is 4.79 Å². The molecule has 0 aromatic carbocycles. The minimum absolute atomic E-state index is 0.142. The molecule has 1 saturated heterocycles. The van der Waals surface area contributed by atoms with Crippen molar-refractivity contribution in [3.8, 4) is 0 Å². The number of ether oxygens (including phenoxy) is 1. The van der Waals surface area contributed by atoms with E-state index in [2.05, 4.69) is 31.0 Å². The Morgan fingerprint density at radius 1 is 1.17 bits per heavy atom. The van der Waals surface area contributed by atoms with Gasteiger partial charge in [0.05, 0.1) is 6.20 Å². The molecule has 2 aliphatic rings. The highest BCUT2D eigenvalue weighted by Gasteiger charge is 2.26. The monoisotopic (exact) mass is 409 g/mol. The molecule has 0 atom stereocenters. The first kappa shape index (κ1) is 20.1. The predicted octanol–water partition coefficient (Wildman–Crippen LogP) is 2.99. The molecular formula is C21H27N7O2. The molecule has 0 spiro atoms. The van der Waals surface area contributed by atoms with Gasteiger partial charge in [0.1, 0.15) is 23.0 Å². The van der Waals surface area contributed by atoms with Gasteiger partial charge in [0.15, 0.2) is 5.65 Å². The zero-order chi connectivity index (χ0) is 20.8. The lowest BCUT2D eigenvalue weighted by Gasteiger charge is -2.09. The minimum Gasteiger partial charge on any atom is -0.381 e. The van der Waals surface area contributed by atoms with Gasteiger partial charge in [0.2, 0.25) is 0 Å². The highest BCUT2D eigenvalue weighted by atomic mass is 16.5. The van der Waals surface area contributed by atoms with Crippen LogP contribution >= 0.6 is 0 Å². The zero-order valence-corrected chi connectivity index (χ0v) is 17.1. The lowest BCUT2D eigenvalue weighted by atomic mass is 10.2. The van der Waals surface area contributed by atoms with Gasteiger partial charge in [-0.2, -0.15) is 9.61 Å². The molecule has 0 radical (unpaired) electrons. The van der Waals surface area contributed by atoms with Crippen LogP contribution in [0.15, 0.2) is 36.7 Å². The summed E-state index contributed by atoms with van der Waals surface area (Å²) >= 11 is 0. The molecule has 9 heteroatoms. The standard InChI is InChI=1S/C16H17N7O.C5H10O/c1-17-14-8-13(21-12-4-2-3-7-18-12)22-15-11(9-19-23(14)15)16(24)20-10-5-6-10;1-2-4-6-5-3-1/h2-4,7-10,17H,5-6H2,1H3,(H,20,24)(H,18,21,22);1-5H2. The van der Waals surface area contributed by atoms with Crippen molar-refractivity contribution in [3.05, 3.63) is 42.2 Å². The molecule has 3 aromatic rings. The number of carbonyl (C=O) groups is 1. The number of hydrogen-bond acceptors (Lipinski definition) is 7. The lowest BCUT2D eigenvalue weighted by Crippen LogP contribution is -2.25. The number of rotatable bonds is 5. The molecule has 158 valence electrons. The Hall–Kier alpha value is -3.20. The van der Waals surface area contributed by atoms with Gasteiger partial charge in [-0.1, -0.05) is 6.07 Å². The van der Waals surface area contributed by atoms with Crippen LogP contribution in [-0.2, 0) is 4.74 Å². The highest BCUT2D eigenvalue weighted by Crippen LogP contribution is 2.23. The third-order valence-corrected chi connectivity index (χ3v) is 4.88. The van der Waals surface area contributed by atoms with Crippen molar-refractivity contribution in [1.29, 1.82) is 0 Å². The van der Waals surface area contributed by atoms with Crippen LogP contribution in [-0.4, -0.2) is 51.8 Å². The third-order valence-electron chi connectivity index (χ3n) is 4.88. The first-order valence-electron chi connectivity index (χ1n) is 10.4. The van der Waals surface area contributed by atoms with E-state index in [-0.39, 0.29) is 11.9 Å². The molecule has 4 heterocycles. The maximum Gasteiger partial charge on any atom is 0.256 e. The Morgan fingerprint density at radius 2 is 2.00 bits per heavy atom. The van der Waals surface area contributed by atoms with Gasteiger partial charge >= 0.3 is 0 Å². The fourth-order valence-electron chi connectivity index (χ4n) is 3.11. The molecule has 1 amide bonds. The minimum atomic E-state index is -0.142. The van der Waals surface area contributed by atoms with Crippen LogP contribution in [0, 0.1) is 0 Å². The molecule has 3 aromatic heterocycles. The average molecular weight is 409 g/mol. The Balaban J connectivity index is 0.000000313. The second kappa shape index (κ2) is 9.53. The van der Waals surface area contributed by atoms with Gasteiger partial charge in [-0.15, -0.1) is 0 Å². The van der Waals surface area contributed by atoms with Gasteiger partial charge < -0.3 is 20.7 Å². The number of pyridine rings is 1. The summed E-state index contributed by atoms with van der Waals surface area (Å²) in [6.45, 7) is 2.00. The van der Waals surface area contributed by atoms with E-state index in [0.717, 1.165) is 31.9 Å². The van der Waals surface area contributed by atoms with Crippen molar-refractivity contribution in [2.75, 3.05) is 30.9 Å². The van der Waals surface area contributed by atoms with E-state index in [1.807, 2.05) is 24.3 Å². The number of carbonyl (C=O) groups excluding carboxylic acids is 1. The van der Waals surface area contributed by atoms with Crippen molar-refractivity contribution in [2.24, 2.45) is 0 Å². The molecule has 0 bridgehead atoms. The van der Waals surface area contributed by atoms with E-state index in [4.69, 9.17) is 4.74 Å². The van der Waals surface area contributed by atoms with Crippen LogP contribution in [0.25, 0.3) is 5.65 Å². The van der Waals surface area contributed by atoms with E-state index >= 15 is 0 Å². The Labute approximate surface area is 175 Å². The molecular weight excluding hydrogens is 382 g/mol. The quantitative estimate of drug-likeness (QED) is 0.595. The van der Waals surface area contributed by atoms with Crippen LogP contribution in [0.4, 0.5) is 17.5 Å². The Kier molecular flexibility index (Phi) is 6.38. The number of fused-ring (bicyclic) bond motifs is 1. The van der Waals surface area contributed by atoms with Gasteiger partial charge in [0, 0.05) is 38.6 Å². The summed E-state index contributed by atoms with van der Waals surface area (Å²) in [4.78, 5) is 21.1. The summed E-state index contributed by atoms with van der Waals surface area (Å²) in [5, 5.41) is 13.5. The summed E-state index contributed by atoms with van der Waals surface area (Å²) < 4.78 is 6.69. The fraction of sp³-hybridized carbons (Fsp3) is 0.429. The first-order chi connectivity index (χ1) is 14.7. The van der Waals surface area contributed by atoms with Crippen molar-refractivity contribution in [1.82, 2.24) is 24.9 Å². The van der Waals surface area contributed by atoms with Crippen LogP contribution in [0.1, 0.15) is 42.5 Å². The van der Waals surface area contributed by atoms with Crippen molar-refractivity contribution < 1.29 is 9.53 Å². The van der Waals surface area contributed by atoms with Crippen LogP contribution in [0.3, 0.4) is 0 Å². The maximum absolute atomic E-state index is 12.4. The molecule has 2 fully saturated rings. The van der Waals surface area contributed by atoms with E-state index in [1.165, 1.54) is 19.3 Å². The number of amides is 1. The number of nitrogens with one attached hydrogen (secondary N) is 3. The second-order valence-electron chi connectivity index (χ2n) is 7.33. The van der Waals surface area contributed by atoms with E-state index in [0.29, 0.717) is 22.8 Å². The summed E-state index contributed by atoms with van der Waals surface area (Å²) in [6, 6.07) is 7.68. The number of aromatic nitrogens is 4. The smallest absolute Gasteiger partial charge is 0.256 e. The topological polar surface area (TPSA) is 105 Å². The molecule has 1 aliphatic heterocycles. The Morgan fingerprint density at radius 3 is 2.60 bits per heavy atom. The van der Waals surface area contributed by atoms with Gasteiger partial charge in [-0.25, -0.2) is 9.97 Å². The third kappa shape index (κ3) is 5.04.